The molecule has 0 amide bonds. The normalized spacial score (nSPS) is 12.7. The van der Waals surface area contributed by atoms with Crippen LogP contribution in [0.1, 0.15) is 16.6 Å². The molecule has 3 aromatic rings. The Hall–Kier alpha value is -1.30. The Kier molecular flexibility index (Phi) is 4.33. The largest absolute Gasteiger partial charge is 0.311 e. The lowest BCUT2D eigenvalue weighted by atomic mass is 10.1. The Morgan fingerprint density at radius 1 is 1.29 bits per heavy atom. The summed E-state index contributed by atoms with van der Waals surface area (Å²) in [6, 6.07) is 13.4. The first-order valence-electron chi connectivity index (χ1n) is 6.64. The molecule has 2 aromatic carbocycles. The van der Waals surface area contributed by atoms with Gasteiger partial charge >= 0.3 is 0 Å². The molecule has 0 aliphatic carbocycles. The van der Waals surface area contributed by atoms with E-state index in [4.69, 9.17) is 0 Å². The van der Waals surface area contributed by atoms with Crippen LogP contribution in [0.2, 0.25) is 0 Å². The van der Waals surface area contributed by atoms with Gasteiger partial charge in [-0.05, 0) is 59.2 Å². The summed E-state index contributed by atoms with van der Waals surface area (Å²) in [6.07, 6.45) is 0.709. The number of nitrogens with zero attached hydrogens (tertiary/aromatic N) is 1. The van der Waals surface area contributed by atoms with Crippen molar-refractivity contribution in [3.8, 4) is 0 Å². The molecule has 2 nitrogen and oxygen atoms in total. The highest BCUT2D eigenvalue weighted by Gasteiger charge is 2.15. The number of fused-ring (bicyclic) bond motifs is 1. The van der Waals surface area contributed by atoms with Crippen LogP contribution in [0.15, 0.2) is 46.9 Å². The third-order valence-corrected chi connectivity index (χ3v) is 5.17. The fourth-order valence-electron chi connectivity index (χ4n) is 2.25. The zero-order valence-electron chi connectivity index (χ0n) is 11.4. The van der Waals surface area contributed by atoms with Gasteiger partial charge in [-0.2, -0.15) is 0 Å². The fourth-order valence-corrected chi connectivity index (χ4v) is 3.58. The molecular formula is C16H14BrFN2S. The van der Waals surface area contributed by atoms with Crippen LogP contribution in [0.3, 0.4) is 0 Å². The van der Waals surface area contributed by atoms with E-state index in [1.165, 1.54) is 4.70 Å². The number of thiazole rings is 1. The molecule has 0 radical (unpaired) electrons. The van der Waals surface area contributed by atoms with E-state index < -0.39 is 0 Å². The van der Waals surface area contributed by atoms with Crippen molar-refractivity contribution in [2.75, 3.05) is 7.05 Å². The summed E-state index contributed by atoms with van der Waals surface area (Å²) in [5.74, 6) is -0.230. The molecule has 0 bridgehead atoms. The fraction of sp³-hybridized carbons (Fsp3) is 0.188. The van der Waals surface area contributed by atoms with Gasteiger partial charge in [-0.1, -0.05) is 18.2 Å². The third-order valence-electron chi connectivity index (χ3n) is 3.38. The SMILES string of the molecule is CNC(Cc1ccc(Br)c(F)c1)c1nc2ccccc2s1. The van der Waals surface area contributed by atoms with Crippen molar-refractivity contribution >= 4 is 37.5 Å². The number of hydrogen-bond acceptors (Lipinski definition) is 3. The summed E-state index contributed by atoms with van der Waals surface area (Å²) >= 11 is 4.86. The maximum Gasteiger partial charge on any atom is 0.137 e. The zero-order valence-corrected chi connectivity index (χ0v) is 13.8. The minimum atomic E-state index is -0.230. The van der Waals surface area contributed by atoms with Gasteiger partial charge in [0.05, 0.1) is 20.7 Å². The van der Waals surface area contributed by atoms with Gasteiger partial charge in [-0.25, -0.2) is 9.37 Å². The van der Waals surface area contributed by atoms with E-state index in [-0.39, 0.29) is 11.9 Å². The maximum absolute atomic E-state index is 13.6. The number of para-hydroxylation sites is 1. The molecule has 21 heavy (non-hydrogen) atoms. The molecule has 1 aromatic heterocycles. The topological polar surface area (TPSA) is 24.9 Å². The van der Waals surface area contributed by atoms with Crippen LogP contribution in [-0.4, -0.2) is 12.0 Å². The van der Waals surface area contributed by atoms with Gasteiger partial charge < -0.3 is 5.32 Å². The second-order valence-electron chi connectivity index (χ2n) is 4.81. The van der Waals surface area contributed by atoms with Crippen molar-refractivity contribution in [2.45, 2.75) is 12.5 Å². The van der Waals surface area contributed by atoms with Crippen molar-refractivity contribution < 1.29 is 4.39 Å². The van der Waals surface area contributed by atoms with Crippen molar-refractivity contribution in [1.29, 1.82) is 0 Å². The summed E-state index contributed by atoms with van der Waals surface area (Å²) in [7, 11) is 1.91. The first-order valence-corrected chi connectivity index (χ1v) is 8.25. The Labute approximate surface area is 135 Å². The number of rotatable bonds is 4. The Bertz CT molecular complexity index is 739. The minimum Gasteiger partial charge on any atom is -0.311 e. The lowest BCUT2D eigenvalue weighted by molar-refractivity contribution is 0.581. The average molecular weight is 365 g/mol. The molecule has 0 aliphatic rings. The highest BCUT2D eigenvalue weighted by molar-refractivity contribution is 9.10. The summed E-state index contributed by atoms with van der Waals surface area (Å²) in [5, 5.41) is 4.31. The smallest absolute Gasteiger partial charge is 0.137 e. The molecule has 108 valence electrons. The van der Waals surface area contributed by atoms with E-state index >= 15 is 0 Å². The summed E-state index contributed by atoms with van der Waals surface area (Å²) in [6.45, 7) is 0. The zero-order chi connectivity index (χ0) is 14.8. The van der Waals surface area contributed by atoms with Gasteiger partial charge in [0.2, 0.25) is 0 Å². The molecule has 5 heteroatoms. The van der Waals surface area contributed by atoms with Crippen molar-refractivity contribution in [3.05, 3.63) is 63.3 Å². The molecule has 1 atom stereocenters. The van der Waals surface area contributed by atoms with Crippen LogP contribution in [0.4, 0.5) is 4.39 Å². The summed E-state index contributed by atoms with van der Waals surface area (Å²) in [5.41, 5.74) is 1.97. The van der Waals surface area contributed by atoms with Crippen LogP contribution in [0, 0.1) is 5.82 Å². The maximum atomic E-state index is 13.6. The lowest BCUT2D eigenvalue weighted by Gasteiger charge is -2.13. The molecule has 0 saturated carbocycles. The number of hydrogen-bond donors (Lipinski definition) is 1. The molecule has 1 unspecified atom stereocenters. The minimum absolute atomic E-state index is 0.0861. The Morgan fingerprint density at radius 2 is 2.10 bits per heavy atom. The number of aromatic nitrogens is 1. The molecule has 0 spiro atoms. The van der Waals surface area contributed by atoms with E-state index in [1.807, 2.05) is 31.3 Å². The van der Waals surface area contributed by atoms with Gasteiger partial charge in [0.15, 0.2) is 0 Å². The van der Waals surface area contributed by atoms with Gasteiger partial charge in [-0.3, -0.25) is 0 Å². The highest BCUT2D eigenvalue weighted by atomic mass is 79.9. The molecular weight excluding hydrogens is 351 g/mol. The predicted octanol–water partition coefficient (Wildman–Crippen LogP) is 4.70. The second-order valence-corrected chi connectivity index (χ2v) is 6.73. The van der Waals surface area contributed by atoms with E-state index in [1.54, 1.807) is 23.5 Å². The highest BCUT2D eigenvalue weighted by Crippen LogP contribution is 2.28. The summed E-state index contributed by atoms with van der Waals surface area (Å²) in [4.78, 5) is 4.67. The second kappa shape index (κ2) is 6.22. The van der Waals surface area contributed by atoms with Crippen LogP contribution in [0.5, 0.6) is 0 Å². The van der Waals surface area contributed by atoms with Crippen molar-refractivity contribution in [2.24, 2.45) is 0 Å². The Morgan fingerprint density at radius 3 is 2.81 bits per heavy atom. The average Bonchev–Trinajstić information content (AvgIpc) is 2.92. The van der Waals surface area contributed by atoms with E-state index in [9.17, 15) is 4.39 Å². The Balaban J connectivity index is 1.88. The van der Waals surface area contributed by atoms with Crippen LogP contribution >= 0.6 is 27.3 Å². The van der Waals surface area contributed by atoms with E-state index in [2.05, 4.69) is 32.3 Å². The monoisotopic (exact) mass is 364 g/mol. The van der Waals surface area contributed by atoms with Gasteiger partial charge in [-0.15, -0.1) is 11.3 Å². The molecule has 0 fully saturated rings. The van der Waals surface area contributed by atoms with Gasteiger partial charge in [0.25, 0.3) is 0 Å². The lowest BCUT2D eigenvalue weighted by Crippen LogP contribution is -2.18. The van der Waals surface area contributed by atoms with Crippen molar-refractivity contribution in [1.82, 2.24) is 10.3 Å². The standard InChI is InChI=1S/C16H14BrFN2S/c1-19-14(9-10-6-7-11(17)12(18)8-10)16-20-13-4-2-3-5-15(13)21-16/h2-8,14,19H,9H2,1H3. The van der Waals surface area contributed by atoms with E-state index in [0.29, 0.717) is 10.9 Å². The van der Waals surface area contributed by atoms with Crippen LogP contribution in [0.25, 0.3) is 10.2 Å². The molecule has 0 aliphatic heterocycles. The third kappa shape index (κ3) is 3.15. The molecule has 3 rings (SSSR count). The van der Waals surface area contributed by atoms with Gasteiger partial charge in [0, 0.05) is 0 Å². The van der Waals surface area contributed by atoms with Gasteiger partial charge in [0.1, 0.15) is 10.8 Å². The predicted molar refractivity (Wildman–Crippen MR) is 89.2 cm³/mol. The number of likely N-dealkylation sites (N-methyl/N-ethyl adjacent to an activating group) is 1. The first kappa shape index (κ1) is 14.6. The van der Waals surface area contributed by atoms with E-state index in [0.717, 1.165) is 16.1 Å². The molecule has 1 N–H and O–H groups in total. The van der Waals surface area contributed by atoms with Crippen molar-refractivity contribution in [3.63, 3.8) is 0 Å². The summed E-state index contributed by atoms with van der Waals surface area (Å²) < 4.78 is 15.3. The molecule has 1 heterocycles. The van der Waals surface area contributed by atoms with Crippen LogP contribution < -0.4 is 5.32 Å². The number of halogens is 2. The molecule has 0 saturated heterocycles. The number of benzene rings is 2. The van der Waals surface area contributed by atoms with Crippen LogP contribution in [-0.2, 0) is 6.42 Å². The number of nitrogens with one attached hydrogen (secondary N) is 1. The quantitative estimate of drug-likeness (QED) is 0.725. The first-order chi connectivity index (χ1) is 10.2.